The average Bonchev–Trinajstić information content (AvgIpc) is 3.38. The average molecular weight is 431 g/mol. The number of amides is 1. The zero-order valence-electron chi connectivity index (χ0n) is 17.8. The monoisotopic (exact) mass is 431 g/mol. The highest BCUT2D eigenvalue weighted by atomic mass is 16.5. The van der Waals surface area contributed by atoms with E-state index >= 15 is 0 Å². The summed E-state index contributed by atoms with van der Waals surface area (Å²) >= 11 is 0. The summed E-state index contributed by atoms with van der Waals surface area (Å²) in [5.74, 6) is 0.415. The van der Waals surface area contributed by atoms with Crippen LogP contribution in [0.5, 0.6) is 11.5 Å². The van der Waals surface area contributed by atoms with Gasteiger partial charge in [-0.25, -0.2) is 0 Å². The number of rotatable bonds is 4. The molecule has 7 nitrogen and oxygen atoms in total. The predicted molar refractivity (Wildman–Crippen MR) is 117 cm³/mol. The lowest BCUT2D eigenvalue weighted by Crippen LogP contribution is -2.29. The van der Waals surface area contributed by atoms with Crippen LogP contribution in [0, 0.1) is 13.8 Å². The third-order valence-corrected chi connectivity index (χ3v) is 6.01. The van der Waals surface area contributed by atoms with Crippen molar-refractivity contribution in [2.24, 2.45) is 0 Å². The second-order valence-electron chi connectivity index (χ2n) is 7.95. The van der Waals surface area contributed by atoms with E-state index in [9.17, 15) is 14.7 Å². The number of nitrogens with zero attached hydrogens (tertiary/aromatic N) is 1. The summed E-state index contributed by atoms with van der Waals surface area (Å²) in [6.45, 7) is 4.01. The van der Waals surface area contributed by atoms with Crippen molar-refractivity contribution in [3.8, 4) is 11.5 Å². The molecule has 0 radical (unpaired) electrons. The van der Waals surface area contributed by atoms with Crippen LogP contribution in [-0.4, -0.2) is 23.0 Å². The number of benzene rings is 2. The van der Waals surface area contributed by atoms with E-state index in [-0.39, 0.29) is 34.8 Å². The number of phenolic OH excluding ortho intramolecular Hbond substituents is 1. The Morgan fingerprint density at radius 2 is 1.88 bits per heavy atom. The van der Waals surface area contributed by atoms with Crippen LogP contribution in [0.25, 0.3) is 11.0 Å². The van der Waals surface area contributed by atoms with Gasteiger partial charge in [0.05, 0.1) is 36.9 Å². The first-order valence-corrected chi connectivity index (χ1v) is 10.2. The number of carbonyl (C=O) groups is 1. The Morgan fingerprint density at radius 3 is 2.59 bits per heavy atom. The van der Waals surface area contributed by atoms with Crippen LogP contribution in [0.15, 0.2) is 62.4 Å². The quantitative estimate of drug-likeness (QED) is 0.513. The Bertz CT molecular complexity index is 1420. The zero-order chi connectivity index (χ0) is 22.6. The molecule has 1 atom stereocenters. The molecule has 2 aromatic heterocycles. The lowest BCUT2D eigenvalue weighted by molar-refractivity contribution is 0.0701. The largest absolute Gasteiger partial charge is 0.504 e. The van der Waals surface area contributed by atoms with Gasteiger partial charge in [0, 0.05) is 0 Å². The van der Waals surface area contributed by atoms with Gasteiger partial charge in [-0.1, -0.05) is 6.07 Å². The molecule has 1 aliphatic heterocycles. The van der Waals surface area contributed by atoms with Crippen LogP contribution >= 0.6 is 0 Å². The van der Waals surface area contributed by atoms with E-state index in [1.165, 1.54) is 19.4 Å². The summed E-state index contributed by atoms with van der Waals surface area (Å²) in [5, 5.41) is 10.5. The van der Waals surface area contributed by atoms with Gasteiger partial charge in [-0.3, -0.25) is 9.59 Å². The fourth-order valence-corrected chi connectivity index (χ4v) is 4.22. The fraction of sp³-hybridized carbons (Fsp3) is 0.200. The maximum atomic E-state index is 13.6. The number of ether oxygens (including phenoxy) is 1. The minimum Gasteiger partial charge on any atom is -0.504 e. The van der Waals surface area contributed by atoms with Crippen LogP contribution in [0.2, 0.25) is 0 Å². The van der Waals surface area contributed by atoms with E-state index in [1.807, 2.05) is 13.8 Å². The third-order valence-electron chi connectivity index (χ3n) is 6.01. The molecular weight excluding hydrogens is 410 g/mol. The van der Waals surface area contributed by atoms with Crippen molar-refractivity contribution in [3.63, 3.8) is 0 Å². The predicted octanol–water partition coefficient (Wildman–Crippen LogP) is 4.46. The van der Waals surface area contributed by atoms with Gasteiger partial charge in [-0.15, -0.1) is 0 Å². The molecule has 0 unspecified atom stereocenters. The second kappa shape index (κ2) is 7.30. The van der Waals surface area contributed by atoms with Crippen LogP contribution < -0.4 is 10.2 Å². The molecule has 1 amide bonds. The molecule has 0 saturated heterocycles. The summed E-state index contributed by atoms with van der Waals surface area (Å²) < 4.78 is 16.7. The molecular formula is C25H21NO6. The molecule has 32 heavy (non-hydrogen) atoms. The summed E-state index contributed by atoms with van der Waals surface area (Å²) in [5.41, 5.74) is 2.95. The SMILES string of the molecule is COc1cc([C@H]2c3c(oc4cc(C)c(C)cc4c3=O)C(=O)N2Cc2ccco2)ccc1O. The van der Waals surface area contributed by atoms with E-state index in [0.29, 0.717) is 22.3 Å². The Kier molecular flexibility index (Phi) is 4.55. The lowest BCUT2D eigenvalue weighted by Gasteiger charge is -2.24. The summed E-state index contributed by atoms with van der Waals surface area (Å²) in [6, 6.07) is 11.1. The third kappa shape index (κ3) is 2.97. The molecule has 162 valence electrons. The maximum Gasteiger partial charge on any atom is 0.291 e. The van der Waals surface area contributed by atoms with Crippen LogP contribution in [0.3, 0.4) is 0 Å². The van der Waals surface area contributed by atoms with Crippen molar-refractivity contribution in [1.29, 1.82) is 0 Å². The van der Waals surface area contributed by atoms with E-state index in [4.69, 9.17) is 13.6 Å². The molecule has 0 spiro atoms. The van der Waals surface area contributed by atoms with Gasteiger partial charge in [0.15, 0.2) is 16.9 Å². The first-order chi connectivity index (χ1) is 15.4. The van der Waals surface area contributed by atoms with Gasteiger partial charge in [-0.2, -0.15) is 0 Å². The second-order valence-corrected chi connectivity index (χ2v) is 7.95. The van der Waals surface area contributed by atoms with Crippen molar-refractivity contribution < 1.29 is 23.5 Å². The molecule has 1 aliphatic rings. The number of phenols is 1. The van der Waals surface area contributed by atoms with E-state index in [0.717, 1.165) is 11.1 Å². The number of furan rings is 1. The molecule has 5 rings (SSSR count). The molecule has 3 heterocycles. The van der Waals surface area contributed by atoms with Gasteiger partial charge in [0.2, 0.25) is 5.76 Å². The molecule has 7 heteroatoms. The first kappa shape index (κ1) is 19.9. The number of methoxy groups -OCH3 is 1. The normalized spacial score (nSPS) is 15.4. The van der Waals surface area contributed by atoms with Crippen molar-refractivity contribution in [2.75, 3.05) is 7.11 Å². The fourth-order valence-electron chi connectivity index (χ4n) is 4.22. The van der Waals surface area contributed by atoms with Crippen LogP contribution in [0.4, 0.5) is 0 Å². The van der Waals surface area contributed by atoms with E-state index < -0.39 is 11.9 Å². The topological polar surface area (TPSA) is 93.1 Å². The highest BCUT2D eigenvalue weighted by molar-refractivity contribution is 5.99. The summed E-state index contributed by atoms with van der Waals surface area (Å²) in [7, 11) is 1.44. The van der Waals surface area contributed by atoms with Gasteiger partial charge in [-0.05, 0) is 66.9 Å². The Morgan fingerprint density at radius 1 is 1.09 bits per heavy atom. The minimum atomic E-state index is -0.723. The van der Waals surface area contributed by atoms with Gasteiger partial charge >= 0.3 is 0 Å². The molecule has 0 saturated carbocycles. The zero-order valence-corrected chi connectivity index (χ0v) is 17.8. The number of hydrogen-bond donors (Lipinski definition) is 1. The molecule has 0 fully saturated rings. The number of aromatic hydroxyl groups is 1. The Hall–Kier alpha value is -4.00. The minimum absolute atomic E-state index is 0.0225. The van der Waals surface area contributed by atoms with E-state index in [2.05, 4.69) is 0 Å². The Labute approximate surface area is 183 Å². The number of fused-ring (bicyclic) bond motifs is 2. The van der Waals surface area contributed by atoms with Crippen molar-refractivity contribution in [3.05, 3.63) is 92.7 Å². The van der Waals surface area contributed by atoms with Gasteiger partial charge in [0.1, 0.15) is 11.3 Å². The number of aryl methyl sites for hydroxylation is 2. The first-order valence-electron chi connectivity index (χ1n) is 10.2. The molecule has 0 bridgehead atoms. The van der Waals surface area contributed by atoms with Gasteiger partial charge in [0.25, 0.3) is 5.91 Å². The van der Waals surface area contributed by atoms with Crippen molar-refractivity contribution in [2.45, 2.75) is 26.4 Å². The summed E-state index contributed by atoms with van der Waals surface area (Å²) in [4.78, 5) is 28.6. The number of hydrogen-bond acceptors (Lipinski definition) is 6. The smallest absolute Gasteiger partial charge is 0.291 e. The standard InChI is InChI=1S/C25H21NO6/c1-13-9-17-19(10-14(13)2)32-24-21(23(17)28)22(15-6-7-18(27)20(11-15)30-3)26(25(24)29)12-16-5-4-8-31-16/h4-11,22,27H,12H2,1-3H3/t22-/m0/s1. The number of carbonyl (C=O) groups excluding carboxylic acids is 1. The van der Waals surface area contributed by atoms with Crippen molar-refractivity contribution >= 4 is 16.9 Å². The molecule has 0 aliphatic carbocycles. The lowest BCUT2D eigenvalue weighted by atomic mass is 9.97. The van der Waals surface area contributed by atoms with E-state index in [1.54, 1.807) is 41.3 Å². The molecule has 2 aromatic carbocycles. The van der Waals surface area contributed by atoms with Gasteiger partial charge < -0.3 is 23.6 Å². The summed E-state index contributed by atoms with van der Waals surface area (Å²) in [6.07, 6.45) is 1.53. The van der Waals surface area contributed by atoms with Crippen LogP contribution in [0.1, 0.15) is 44.6 Å². The highest BCUT2D eigenvalue weighted by Gasteiger charge is 2.43. The highest BCUT2D eigenvalue weighted by Crippen LogP contribution is 2.41. The van der Waals surface area contributed by atoms with Crippen LogP contribution in [-0.2, 0) is 6.54 Å². The maximum absolute atomic E-state index is 13.6. The Balaban J connectivity index is 1.77. The molecule has 1 N–H and O–H groups in total. The van der Waals surface area contributed by atoms with Crippen molar-refractivity contribution in [1.82, 2.24) is 4.90 Å². The molecule has 4 aromatic rings.